The van der Waals surface area contributed by atoms with Crippen molar-refractivity contribution in [1.29, 1.82) is 0 Å². The van der Waals surface area contributed by atoms with Crippen molar-refractivity contribution in [3.05, 3.63) is 69.1 Å². The van der Waals surface area contributed by atoms with Crippen molar-refractivity contribution < 1.29 is 18.0 Å². The fourth-order valence-electron chi connectivity index (χ4n) is 1.88. The van der Waals surface area contributed by atoms with Crippen LogP contribution in [0.4, 0.5) is 13.2 Å². The van der Waals surface area contributed by atoms with Gasteiger partial charge in [-0.05, 0) is 23.8 Å². The fraction of sp³-hybridized carbons (Fsp3) is 0.200. The third-order valence-electron chi connectivity index (χ3n) is 3.00. The number of aromatic nitrogens is 1. The minimum Gasteiger partial charge on any atom is -0.350 e. The van der Waals surface area contributed by atoms with Crippen molar-refractivity contribution >= 4 is 17.5 Å². The first-order valence-electron chi connectivity index (χ1n) is 6.54. The molecule has 2 rings (SSSR count). The number of benzene rings is 1. The van der Waals surface area contributed by atoms with Crippen LogP contribution in [-0.4, -0.2) is 10.5 Å². The normalized spacial score (nSPS) is 11.3. The van der Waals surface area contributed by atoms with E-state index in [9.17, 15) is 22.8 Å². The number of pyridine rings is 1. The molecule has 0 fully saturated rings. The number of hydrogen-bond acceptors (Lipinski definition) is 2. The fourth-order valence-corrected chi connectivity index (χ4v) is 2.09. The predicted octanol–water partition coefficient (Wildman–Crippen LogP) is 2.84. The molecule has 0 bridgehead atoms. The molecule has 2 aromatic rings. The minimum atomic E-state index is -4.58. The molecule has 0 radical (unpaired) electrons. The van der Waals surface area contributed by atoms with Crippen molar-refractivity contribution in [3.8, 4) is 0 Å². The number of carbonyl (C=O) groups excluding carboxylic acids is 1. The molecule has 1 aromatic heterocycles. The number of halogens is 4. The molecule has 1 heterocycles. The van der Waals surface area contributed by atoms with Crippen molar-refractivity contribution in [2.75, 3.05) is 0 Å². The number of alkyl halides is 3. The van der Waals surface area contributed by atoms with E-state index in [1.165, 1.54) is 0 Å². The van der Waals surface area contributed by atoms with Crippen molar-refractivity contribution in [1.82, 2.24) is 9.88 Å². The molecular weight excluding hydrogens is 333 g/mol. The van der Waals surface area contributed by atoms with Gasteiger partial charge in [0.25, 0.3) is 5.56 Å². The van der Waals surface area contributed by atoms with Crippen LogP contribution in [0.3, 0.4) is 0 Å². The Balaban J connectivity index is 2.04. The Morgan fingerprint density at radius 2 is 1.96 bits per heavy atom. The van der Waals surface area contributed by atoms with E-state index in [0.29, 0.717) is 17.3 Å². The van der Waals surface area contributed by atoms with Gasteiger partial charge in [-0.15, -0.1) is 0 Å². The number of nitrogens with one attached hydrogen (secondary N) is 1. The summed E-state index contributed by atoms with van der Waals surface area (Å²) in [6, 6.07) is 8.24. The monoisotopic (exact) mass is 344 g/mol. The minimum absolute atomic E-state index is 0.160. The van der Waals surface area contributed by atoms with Gasteiger partial charge < -0.3 is 9.88 Å². The van der Waals surface area contributed by atoms with E-state index in [0.717, 1.165) is 16.2 Å². The van der Waals surface area contributed by atoms with Crippen molar-refractivity contribution in [2.45, 2.75) is 19.3 Å². The first kappa shape index (κ1) is 17.1. The van der Waals surface area contributed by atoms with Crippen molar-refractivity contribution in [3.63, 3.8) is 0 Å². The summed E-state index contributed by atoms with van der Waals surface area (Å²) in [4.78, 5) is 23.3. The Kier molecular flexibility index (Phi) is 5.10. The summed E-state index contributed by atoms with van der Waals surface area (Å²) in [5, 5.41) is 3.03. The van der Waals surface area contributed by atoms with E-state index in [1.54, 1.807) is 24.3 Å². The van der Waals surface area contributed by atoms with Crippen LogP contribution < -0.4 is 10.9 Å². The van der Waals surface area contributed by atoms with Gasteiger partial charge in [0, 0.05) is 23.8 Å². The van der Waals surface area contributed by atoms with Gasteiger partial charge in [-0.2, -0.15) is 13.2 Å². The van der Waals surface area contributed by atoms with Gasteiger partial charge >= 0.3 is 6.18 Å². The lowest BCUT2D eigenvalue weighted by Crippen LogP contribution is -2.32. The first-order valence-corrected chi connectivity index (χ1v) is 6.92. The number of carbonyl (C=O) groups is 1. The molecule has 1 amide bonds. The molecule has 122 valence electrons. The zero-order valence-electron chi connectivity index (χ0n) is 11.7. The summed E-state index contributed by atoms with van der Waals surface area (Å²) in [5.41, 5.74) is -0.933. The summed E-state index contributed by atoms with van der Waals surface area (Å²) in [6.45, 7) is -0.337. The molecule has 0 saturated carbocycles. The highest BCUT2D eigenvalue weighted by Gasteiger charge is 2.31. The van der Waals surface area contributed by atoms with Crippen LogP contribution >= 0.6 is 11.6 Å². The largest absolute Gasteiger partial charge is 0.417 e. The zero-order valence-corrected chi connectivity index (χ0v) is 12.5. The summed E-state index contributed by atoms with van der Waals surface area (Å²) in [7, 11) is 0. The average molecular weight is 345 g/mol. The molecule has 0 aliphatic heterocycles. The molecule has 1 N–H and O–H groups in total. The van der Waals surface area contributed by atoms with E-state index < -0.39 is 29.8 Å². The molecule has 23 heavy (non-hydrogen) atoms. The molecule has 1 aromatic carbocycles. The van der Waals surface area contributed by atoms with E-state index in [4.69, 9.17) is 11.6 Å². The highest BCUT2D eigenvalue weighted by atomic mass is 35.5. The van der Waals surface area contributed by atoms with Gasteiger partial charge in [0.05, 0.1) is 5.56 Å². The molecule has 0 aliphatic rings. The van der Waals surface area contributed by atoms with Gasteiger partial charge in [-0.25, -0.2) is 0 Å². The molecule has 0 aliphatic carbocycles. The summed E-state index contributed by atoms with van der Waals surface area (Å²) < 4.78 is 38.6. The number of hydrogen-bond donors (Lipinski definition) is 1. The Bertz CT molecular complexity index is 772. The van der Waals surface area contributed by atoms with Gasteiger partial charge in [0.1, 0.15) is 6.54 Å². The molecular formula is C15H12ClF3N2O2. The second-order valence-electron chi connectivity index (χ2n) is 4.79. The van der Waals surface area contributed by atoms with E-state index in [2.05, 4.69) is 5.32 Å². The topological polar surface area (TPSA) is 51.1 Å². The highest BCUT2D eigenvalue weighted by Crippen LogP contribution is 2.27. The van der Waals surface area contributed by atoms with Crippen LogP contribution in [0.1, 0.15) is 11.1 Å². The van der Waals surface area contributed by atoms with Gasteiger partial charge in [0.2, 0.25) is 5.91 Å². The Labute approximate surface area is 134 Å². The maximum absolute atomic E-state index is 12.6. The highest BCUT2D eigenvalue weighted by molar-refractivity contribution is 6.30. The second kappa shape index (κ2) is 6.87. The van der Waals surface area contributed by atoms with Crippen LogP contribution in [0.5, 0.6) is 0 Å². The lowest BCUT2D eigenvalue weighted by atomic mass is 10.2. The van der Waals surface area contributed by atoms with E-state index in [1.807, 2.05) is 0 Å². The number of nitrogens with zero attached hydrogens (tertiary/aromatic N) is 1. The summed E-state index contributed by atoms with van der Waals surface area (Å²) >= 11 is 5.81. The molecule has 0 spiro atoms. The van der Waals surface area contributed by atoms with E-state index >= 15 is 0 Å². The Morgan fingerprint density at radius 1 is 1.22 bits per heavy atom. The molecule has 0 saturated heterocycles. The first-order chi connectivity index (χ1) is 10.8. The van der Waals surface area contributed by atoms with Gasteiger partial charge in [-0.1, -0.05) is 23.7 Å². The zero-order chi connectivity index (χ0) is 17.0. The van der Waals surface area contributed by atoms with Crippen LogP contribution in [0.2, 0.25) is 5.02 Å². The second-order valence-corrected chi connectivity index (χ2v) is 5.22. The molecule has 4 nitrogen and oxygen atoms in total. The van der Waals surface area contributed by atoms with Crippen LogP contribution in [-0.2, 0) is 24.1 Å². The third kappa shape index (κ3) is 4.85. The predicted molar refractivity (Wildman–Crippen MR) is 79.0 cm³/mol. The smallest absolute Gasteiger partial charge is 0.350 e. The third-order valence-corrected chi connectivity index (χ3v) is 3.24. The molecule has 8 heteroatoms. The van der Waals surface area contributed by atoms with Crippen molar-refractivity contribution in [2.24, 2.45) is 0 Å². The Hall–Kier alpha value is -2.28. The summed E-state index contributed by atoms with van der Waals surface area (Å²) in [5.74, 6) is -0.577. The van der Waals surface area contributed by atoms with Crippen LogP contribution in [0.15, 0.2) is 47.4 Å². The standard InChI is InChI=1S/C15H12ClF3N2O2/c16-12-3-1-2-10(6-12)7-20-13(22)9-21-8-11(15(17,18)19)4-5-14(21)23/h1-6,8H,7,9H2,(H,20,22). The quantitative estimate of drug-likeness (QED) is 0.927. The average Bonchev–Trinajstić information content (AvgIpc) is 2.46. The number of amides is 1. The maximum Gasteiger partial charge on any atom is 0.417 e. The van der Waals surface area contributed by atoms with Crippen LogP contribution in [0, 0.1) is 0 Å². The maximum atomic E-state index is 12.6. The van der Waals surface area contributed by atoms with Gasteiger partial charge in [-0.3, -0.25) is 9.59 Å². The number of rotatable bonds is 4. The lowest BCUT2D eigenvalue weighted by molar-refractivity contribution is -0.138. The van der Waals surface area contributed by atoms with E-state index in [-0.39, 0.29) is 6.54 Å². The summed E-state index contributed by atoms with van der Waals surface area (Å²) in [6.07, 6.45) is -3.95. The molecule has 0 unspecified atom stereocenters. The molecule has 0 atom stereocenters. The van der Waals surface area contributed by atoms with Gasteiger partial charge in [0.15, 0.2) is 0 Å². The SMILES string of the molecule is O=C(Cn1cc(C(F)(F)F)ccc1=O)NCc1cccc(Cl)c1. The lowest BCUT2D eigenvalue weighted by Gasteiger charge is -2.11. The Morgan fingerprint density at radius 3 is 2.61 bits per heavy atom. The van der Waals surface area contributed by atoms with Crippen LogP contribution in [0.25, 0.3) is 0 Å².